The highest BCUT2D eigenvalue weighted by atomic mass is 16.7. The summed E-state index contributed by atoms with van der Waals surface area (Å²) in [5.74, 6) is 0.884. The van der Waals surface area contributed by atoms with Crippen molar-refractivity contribution in [3.8, 4) is 0 Å². The largest absolute Gasteiger partial charge is 0.379 e. The van der Waals surface area contributed by atoms with Crippen molar-refractivity contribution >= 4 is 0 Å². The molecule has 3 rings (SSSR count). The van der Waals surface area contributed by atoms with E-state index < -0.39 is 0 Å². The van der Waals surface area contributed by atoms with Crippen LogP contribution in [0.5, 0.6) is 0 Å². The van der Waals surface area contributed by atoms with Crippen molar-refractivity contribution < 1.29 is 18.7 Å². The van der Waals surface area contributed by atoms with Gasteiger partial charge in [0.15, 0.2) is 12.1 Å². The molecule has 2 aliphatic heterocycles. The molecule has 0 aromatic carbocycles. The van der Waals surface area contributed by atoms with Crippen LogP contribution in [0.2, 0.25) is 0 Å². The molecule has 6 nitrogen and oxygen atoms in total. The topological polar surface area (TPSA) is 57.0 Å². The molecule has 2 fully saturated rings. The van der Waals surface area contributed by atoms with Crippen LogP contribution in [0.4, 0.5) is 0 Å². The van der Waals surface area contributed by atoms with Crippen molar-refractivity contribution in [2.24, 2.45) is 0 Å². The highest BCUT2D eigenvalue weighted by Gasteiger charge is 2.16. The number of rotatable bonds is 5. The van der Waals surface area contributed by atoms with Gasteiger partial charge in [-0.25, -0.2) is 0 Å². The first kappa shape index (κ1) is 14.0. The molecule has 1 aromatic heterocycles. The molecule has 0 amide bonds. The maximum absolute atomic E-state index is 5.69. The first-order chi connectivity index (χ1) is 9.90. The molecule has 0 bridgehead atoms. The van der Waals surface area contributed by atoms with Gasteiger partial charge in [0.1, 0.15) is 5.69 Å². The minimum absolute atomic E-state index is 0.0804. The van der Waals surface area contributed by atoms with Gasteiger partial charge in [0.2, 0.25) is 0 Å². The molecule has 0 N–H and O–H groups in total. The lowest BCUT2D eigenvalue weighted by Gasteiger charge is -2.25. The van der Waals surface area contributed by atoms with Crippen LogP contribution in [-0.4, -0.2) is 49.3 Å². The summed E-state index contributed by atoms with van der Waals surface area (Å²) in [6, 6.07) is 1.97. The summed E-state index contributed by atoms with van der Waals surface area (Å²) in [6.07, 6.45) is 3.20. The average Bonchev–Trinajstić information content (AvgIpc) is 2.95. The third-order valence-electron chi connectivity index (χ3n) is 3.65. The quantitative estimate of drug-likeness (QED) is 0.816. The monoisotopic (exact) mass is 282 g/mol. The molecule has 0 saturated carbocycles. The normalized spacial score (nSPS) is 24.9. The molecule has 3 heterocycles. The van der Waals surface area contributed by atoms with Crippen LogP contribution in [0.3, 0.4) is 0 Å². The van der Waals surface area contributed by atoms with Crippen molar-refractivity contribution in [3.63, 3.8) is 0 Å². The van der Waals surface area contributed by atoms with Crippen molar-refractivity contribution in [1.29, 1.82) is 0 Å². The third kappa shape index (κ3) is 4.02. The zero-order valence-electron chi connectivity index (χ0n) is 11.8. The van der Waals surface area contributed by atoms with Crippen molar-refractivity contribution in [1.82, 2.24) is 10.1 Å². The predicted octanol–water partition coefficient (Wildman–Crippen LogP) is 1.55. The zero-order valence-corrected chi connectivity index (χ0v) is 11.8. The van der Waals surface area contributed by atoms with Crippen LogP contribution < -0.4 is 0 Å². The summed E-state index contributed by atoms with van der Waals surface area (Å²) in [4.78, 5) is 2.30. The van der Waals surface area contributed by atoms with E-state index in [4.69, 9.17) is 18.7 Å². The molecule has 0 radical (unpaired) electrons. The summed E-state index contributed by atoms with van der Waals surface area (Å²) in [7, 11) is 0. The number of hydrogen-bond donors (Lipinski definition) is 0. The van der Waals surface area contributed by atoms with Gasteiger partial charge in [0.25, 0.3) is 0 Å². The summed E-state index contributed by atoms with van der Waals surface area (Å²) in [5.41, 5.74) is 0.836. The molecule has 0 spiro atoms. The van der Waals surface area contributed by atoms with E-state index in [-0.39, 0.29) is 6.29 Å². The highest BCUT2D eigenvalue weighted by Crippen LogP contribution is 2.16. The number of aromatic nitrogens is 1. The van der Waals surface area contributed by atoms with E-state index in [1.165, 1.54) is 6.42 Å². The minimum Gasteiger partial charge on any atom is -0.379 e. The molecule has 6 heteroatoms. The second-order valence-corrected chi connectivity index (χ2v) is 5.28. The number of morpholine rings is 1. The first-order valence-electron chi connectivity index (χ1n) is 7.38. The van der Waals surface area contributed by atoms with Gasteiger partial charge in [-0.2, -0.15) is 0 Å². The highest BCUT2D eigenvalue weighted by molar-refractivity contribution is 5.04. The lowest BCUT2D eigenvalue weighted by Crippen LogP contribution is -2.35. The maximum Gasteiger partial charge on any atom is 0.158 e. The third-order valence-corrected chi connectivity index (χ3v) is 3.65. The Hall–Kier alpha value is -0.950. The molecule has 1 unspecified atom stereocenters. The van der Waals surface area contributed by atoms with Crippen LogP contribution in [0, 0.1) is 0 Å². The molecule has 20 heavy (non-hydrogen) atoms. The van der Waals surface area contributed by atoms with E-state index in [0.717, 1.165) is 63.8 Å². The molecule has 2 saturated heterocycles. The summed E-state index contributed by atoms with van der Waals surface area (Å²) >= 11 is 0. The SMILES string of the molecule is c1c(COC2CCCCO2)noc1CN1CCOCC1. The smallest absolute Gasteiger partial charge is 0.158 e. The van der Waals surface area contributed by atoms with Gasteiger partial charge in [0, 0.05) is 25.8 Å². The predicted molar refractivity (Wildman–Crippen MR) is 71.0 cm³/mol. The van der Waals surface area contributed by atoms with E-state index in [1.807, 2.05) is 6.07 Å². The van der Waals surface area contributed by atoms with Crippen LogP contribution >= 0.6 is 0 Å². The van der Waals surface area contributed by atoms with Crippen LogP contribution in [0.25, 0.3) is 0 Å². The molecule has 1 atom stereocenters. The Labute approximate surface area is 118 Å². The van der Waals surface area contributed by atoms with E-state index in [1.54, 1.807) is 0 Å². The molecule has 0 aliphatic carbocycles. The Morgan fingerprint density at radius 2 is 2.15 bits per heavy atom. The van der Waals surface area contributed by atoms with E-state index in [2.05, 4.69) is 10.1 Å². The zero-order chi connectivity index (χ0) is 13.6. The van der Waals surface area contributed by atoms with Gasteiger partial charge in [-0.3, -0.25) is 4.90 Å². The lowest BCUT2D eigenvalue weighted by molar-refractivity contribution is -0.169. The Morgan fingerprint density at radius 1 is 1.25 bits per heavy atom. The van der Waals surface area contributed by atoms with Crippen LogP contribution in [-0.2, 0) is 27.4 Å². The standard InChI is InChI=1S/C14H22N2O4/c1-2-6-18-14(3-1)19-11-12-9-13(20-15-12)10-16-4-7-17-8-5-16/h9,14H,1-8,10-11H2. The van der Waals surface area contributed by atoms with Gasteiger partial charge in [-0.1, -0.05) is 5.16 Å². The molecule has 112 valence electrons. The Kier molecular flexibility index (Phi) is 5.02. The maximum atomic E-state index is 5.69. The Morgan fingerprint density at radius 3 is 2.95 bits per heavy atom. The fourth-order valence-electron chi connectivity index (χ4n) is 2.50. The summed E-state index contributed by atoms with van der Waals surface area (Å²) < 4.78 is 21.9. The van der Waals surface area contributed by atoms with Crippen LogP contribution in [0.15, 0.2) is 10.6 Å². The van der Waals surface area contributed by atoms with Gasteiger partial charge < -0.3 is 18.7 Å². The number of ether oxygens (including phenoxy) is 3. The van der Waals surface area contributed by atoms with E-state index >= 15 is 0 Å². The lowest BCUT2D eigenvalue weighted by atomic mass is 10.2. The van der Waals surface area contributed by atoms with Gasteiger partial charge in [-0.05, 0) is 19.3 Å². The fraction of sp³-hybridized carbons (Fsp3) is 0.786. The summed E-state index contributed by atoms with van der Waals surface area (Å²) in [5, 5.41) is 4.05. The second-order valence-electron chi connectivity index (χ2n) is 5.28. The summed E-state index contributed by atoms with van der Waals surface area (Å²) in [6.45, 7) is 5.52. The first-order valence-corrected chi connectivity index (χ1v) is 7.38. The van der Waals surface area contributed by atoms with E-state index in [9.17, 15) is 0 Å². The number of nitrogens with zero attached hydrogens (tertiary/aromatic N) is 2. The van der Waals surface area contributed by atoms with E-state index in [0.29, 0.717) is 6.61 Å². The van der Waals surface area contributed by atoms with Crippen molar-refractivity contribution in [2.45, 2.75) is 38.7 Å². The molecule has 2 aliphatic rings. The molecular formula is C14H22N2O4. The molecule has 1 aromatic rings. The Bertz CT molecular complexity index is 398. The van der Waals surface area contributed by atoms with Gasteiger partial charge in [0.05, 0.1) is 26.4 Å². The van der Waals surface area contributed by atoms with Crippen molar-refractivity contribution in [3.05, 3.63) is 17.5 Å². The Balaban J connectivity index is 1.43. The average molecular weight is 282 g/mol. The fourth-order valence-corrected chi connectivity index (χ4v) is 2.50. The van der Waals surface area contributed by atoms with Crippen LogP contribution in [0.1, 0.15) is 30.7 Å². The van der Waals surface area contributed by atoms with Gasteiger partial charge in [-0.15, -0.1) is 0 Å². The minimum atomic E-state index is -0.0804. The number of hydrogen-bond acceptors (Lipinski definition) is 6. The van der Waals surface area contributed by atoms with Crippen molar-refractivity contribution in [2.75, 3.05) is 32.9 Å². The second kappa shape index (κ2) is 7.17. The van der Waals surface area contributed by atoms with Gasteiger partial charge >= 0.3 is 0 Å². The molecular weight excluding hydrogens is 260 g/mol.